The van der Waals surface area contributed by atoms with Crippen molar-refractivity contribution in [3.8, 4) is 0 Å². The van der Waals surface area contributed by atoms with Gasteiger partial charge in [0.2, 0.25) is 0 Å². The molecule has 0 saturated heterocycles. The Hall–Kier alpha value is -1.12. The van der Waals surface area contributed by atoms with Crippen molar-refractivity contribution in [3.05, 3.63) is 58.3 Å². The summed E-state index contributed by atoms with van der Waals surface area (Å²) < 4.78 is 0. The molecule has 0 aliphatic carbocycles. The minimum absolute atomic E-state index is 0.964. The summed E-state index contributed by atoms with van der Waals surface area (Å²) in [5.74, 6) is 0. The Morgan fingerprint density at radius 2 is 1.87 bits per heavy atom. The van der Waals surface area contributed by atoms with Crippen molar-refractivity contribution in [3.63, 3.8) is 0 Å². The zero-order valence-electron chi connectivity index (χ0n) is 8.65. The second kappa shape index (κ2) is 5.69. The van der Waals surface area contributed by atoms with Crippen LogP contribution in [0.5, 0.6) is 0 Å². The highest BCUT2D eigenvalue weighted by Crippen LogP contribution is 2.08. The van der Waals surface area contributed by atoms with Crippen LogP contribution in [0.1, 0.15) is 10.4 Å². The average Bonchev–Trinajstić information content (AvgIpc) is 2.79. The minimum atomic E-state index is 0.964. The molecule has 2 rings (SSSR count). The fourth-order valence-electron chi connectivity index (χ4n) is 1.50. The maximum absolute atomic E-state index is 3.45. The molecule has 78 valence electrons. The molecule has 0 radical (unpaired) electrons. The summed E-state index contributed by atoms with van der Waals surface area (Å²) in [5, 5.41) is 5.58. The van der Waals surface area contributed by atoms with Crippen LogP contribution >= 0.6 is 11.3 Å². The Kier molecular flexibility index (Phi) is 3.94. The van der Waals surface area contributed by atoms with Gasteiger partial charge in [-0.25, -0.2) is 0 Å². The van der Waals surface area contributed by atoms with Crippen molar-refractivity contribution in [1.29, 1.82) is 0 Å². The first kappa shape index (κ1) is 10.4. The second-order valence-electron chi connectivity index (χ2n) is 3.49. The van der Waals surface area contributed by atoms with E-state index in [0.717, 1.165) is 19.5 Å². The van der Waals surface area contributed by atoms with E-state index >= 15 is 0 Å². The van der Waals surface area contributed by atoms with Gasteiger partial charge in [-0.1, -0.05) is 36.4 Å². The van der Waals surface area contributed by atoms with Gasteiger partial charge in [0, 0.05) is 18.0 Å². The van der Waals surface area contributed by atoms with Crippen molar-refractivity contribution in [2.24, 2.45) is 0 Å². The predicted molar refractivity (Wildman–Crippen MR) is 66.2 cm³/mol. The van der Waals surface area contributed by atoms with Gasteiger partial charge in [-0.15, -0.1) is 11.3 Å². The summed E-state index contributed by atoms with van der Waals surface area (Å²) in [6, 6.07) is 14.8. The van der Waals surface area contributed by atoms with Gasteiger partial charge in [0.15, 0.2) is 0 Å². The van der Waals surface area contributed by atoms with Crippen LogP contribution in [-0.2, 0) is 13.0 Å². The maximum atomic E-state index is 3.45. The molecule has 0 unspecified atom stereocenters. The summed E-state index contributed by atoms with van der Waals surface area (Å²) >= 11 is 1.83. The fraction of sp³-hybridized carbons (Fsp3) is 0.231. The van der Waals surface area contributed by atoms with Crippen LogP contribution in [0, 0.1) is 0 Å². The Balaban J connectivity index is 1.68. The third-order valence-corrected chi connectivity index (χ3v) is 3.24. The van der Waals surface area contributed by atoms with E-state index < -0.39 is 0 Å². The molecule has 1 aromatic carbocycles. The average molecular weight is 217 g/mol. The second-order valence-corrected chi connectivity index (χ2v) is 4.52. The molecular weight excluding hydrogens is 202 g/mol. The summed E-state index contributed by atoms with van der Waals surface area (Å²) in [5.41, 5.74) is 1.35. The van der Waals surface area contributed by atoms with E-state index in [1.54, 1.807) is 0 Å². The Bertz CT molecular complexity index is 367. The molecule has 1 aromatic heterocycles. The lowest BCUT2D eigenvalue weighted by Gasteiger charge is -2.03. The summed E-state index contributed by atoms with van der Waals surface area (Å²) in [6.07, 6.45) is 1.13. The maximum Gasteiger partial charge on any atom is 0.0205 e. The normalized spacial score (nSPS) is 10.4. The van der Waals surface area contributed by atoms with E-state index in [-0.39, 0.29) is 0 Å². The van der Waals surface area contributed by atoms with E-state index in [4.69, 9.17) is 0 Å². The molecule has 2 heteroatoms. The Morgan fingerprint density at radius 1 is 1.00 bits per heavy atom. The van der Waals surface area contributed by atoms with Crippen LogP contribution in [-0.4, -0.2) is 6.54 Å². The number of hydrogen-bond donors (Lipinski definition) is 1. The highest BCUT2D eigenvalue weighted by atomic mass is 32.1. The lowest BCUT2D eigenvalue weighted by atomic mass is 10.2. The van der Waals surface area contributed by atoms with Crippen molar-refractivity contribution in [2.45, 2.75) is 13.0 Å². The molecule has 1 heterocycles. The predicted octanol–water partition coefficient (Wildman–Crippen LogP) is 3.08. The van der Waals surface area contributed by atoms with Gasteiger partial charge >= 0.3 is 0 Å². The van der Waals surface area contributed by atoms with Gasteiger partial charge in [0.1, 0.15) is 0 Å². The molecule has 0 bridgehead atoms. The van der Waals surface area contributed by atoms with Crippen molar-refractivity contribution >= 4 is 11.3 Å². The quantitative estimate of drug-likeness (QED) is 0.759. The van der Waals surface area contributed by atoms with Gasteiger partial charge in [-0.3, -0.25) is 0 Å². The van der Waals surface area contributed by atoms with Crippen molar-refractivity contribution in [1.82, 2.24) is 5.32 Å². The highest BCUT2D eigenvalue weighted by Gasteiger charge is 1.93. The Morgan fingerprint density at radius 3 is 2.60 bits per heavy atom. The number of benzene rings is 1. The highest BCUT2D eigenvalue weighted by molar-refractivity contribution is 7.09. The van der Waals surface area contributed by atoms with Crippen LogP contribution in [0.4, 0.5) is 0 Å². The van der Waals surface area contributed by atoms with Crippen LogP contribution < -0.4 is 5.32 Å². The smallest absolute Gasteiger partial charge is 0.0205 e. The SMILES string of the molecule is c1ccc(CNCCc2cccs2)cc1. The van der Waals surface area contributed by atoms with Crippen LogP contribution in [0.25, 0.3) is 0 Å². The molecule has 0 amide bonds. The van der Waals surface area contributed by atoms with Gasteiger partial charge in [-0.05, 0) is 23.4 Å². The van der Waals surface area contributed by atoms with Crippen LogP contribution in [0.15, 0.2) is 47.8 Å². The molecule has 0 aliphatic rings. The number of thiophene rings is 1. The molecule has 0 fully saturated rings. The first-order valence-corrected chi connectivity index (χ1v) is 6.10. The van der Waals surface area contributed by atoms with E-state index in [9.17, 15) is 0 Å². The standard InChI is InChI=1S/C13H15NS/c1-2-5-12(6-3-1)11-14-9-8-13-7-4-10-15-13/h1-7,10,14H,8-9,11H2. The van der Waals surface area contributed by atoms with E-state index in [1.165, 1.54) is 10.4 Å². The zero-order valence-corrected chi connectivity index (χ0v) is 9.46. The molecule has 0 aliphatic heterocycles. The van der Waals surface area contributed by atoms with Gasteiger partial charge < -0.3 is 5.32 Å². The van der Waals surface area contributed by atoms with Crippen molar-refractivity contribution < 1.29 is 0 Å². The van der Waals surface area contributed by atoms with Gasteiger partial charge in [-0.2, -0.15) is 0 Å². The topological polar surface area (TPSA) is 12.0 Å². The monoisotopic (exact) mass is 217 g/mol. The number of nitrogens with one attached hydrogen (secondary N) is 1. The van der Waals surface area contributed by atoms with Gasteiger partial charge in [0.05, 0.1) is 0 Å². The molecule has 15 heavy (non-hydrogen) atoms. The number of hydrogen-bond acceptors (Lipinski definition) is 2. The van der Waals surface area contributed by atoms with Crippen LogP contribution in [0.3, 0.4) is 0 Å². The van der Waals surface area contributed by atoms with E-state index in [2.05, 4.69) is 53.2 Å². The largest absolute Gasteiger partial charge is 0.312 e. The summed E-state index contributed by atoms with van der Waals surface area (Å²) in [4.78, 5) is 1.45. The molecule has 0 saturated carbocycles. The van der Waals surface area contributed by atoms with Crippen molar-refractivity contribution in [2.75, 3.05) is 6.54 Å². The molecule has 0 atom stereocenters. The molecule has 2 aromatic rings. The fourth-order valence-corrected chi connectivity index (χ4v) is 2.20. The first-order valence-electron chi connectivity index (χ1n) is 5.22. The van der Waals surface area contributed by atoms with E-state index in [0.29, 0.717) is 0 Å². The lowest BCUT2D eigenvalue weighted by molar-refractivity contribution is 0.691. The minimum Gasteiger partial charge on any atom is -0.312 e. The molecule has 0 spiro atoms. The van der Waals surface area contributed by atoms with E-state index in [1.807, 2.05) is 11.3 Å². The number of rotatable bonds is 5. The van der Waals surface area contributed by atoms with Crippen LogP contribution in [0.2, 0.25) is 0 Å². The third kappa shape index (κ3) is 3.50. The molecular formula is C13H15NS. The summed E-state index contributed by atoms with van der Waals surface area (Å²) in [6.45, 7) is 2.02. The molecule has 1 N–H and O–H groups in total. The lowest BCUT2D eigenvalue weighted by Crippen LogP contribution is -2.16. The third-order valence-electron chi connectivity index (χ3n) is 2.30. The zero-order chi connectivity index (χ0) is 10.3. The van der Waals surface area contributed by atoms with Gasteiger partial charge in [0.25, 0.3) is 0 Å². The molecule has 1 nitrogen and oxygen atoms in total. The summed E-state index contributed by atoms with van der Waals surface area (Å²) in [7, 11) is 0. The Labute approximate surface area is 94.8 Å². The first-order chi connectivity index (χ1) is 7.45.